The summed E-state index contributed by atoms with van der Waals surface area (Å²) in [6.45, 7) is 2.12. The lowest BCUT2D eigenvalue weighted by Crippen LogP contribution is -2.34. The molecule has 0 unspecified atom stereocenters. The van der Waals surface area contributed by atoms with E-state index >= 15 is 0 Å². The molecule has 5 rings (SSSR count). The molecule has 148 valence electrons. The van der Waals surface area contributed by atoms with Gasteiger partial charge in [0.1, 0.15) is 0 Å². The topological polar surface area (TPSA) is 95.4 Å². The van der Waals surface area contributed by atoms with E-state index in [-0.39, 0.29) is 29.3 Å². The second-order valence-electron chi connectivity index (χ2n) is 7.18. The molecule has 1 aromatic heterocycles. The second-order valence-corrected chi connectivity index (χ2v) is 9.08. The van der Waals surface area contributed by atoms with Crippen LogP contribution in [0, 0.1) is 11.8 Å². The first-order chi connectivity index (χ1) is 13.0. The Labute approximate surface area is 168 Å². The Bertz CT molecular complexity index is 1160. The molecule has 3 aromatic rings. The average molecular weight is 422 g/mol. The molecule has 3 atom stereocenters. The number of halogens is 1. The normalized spacial score (nSPS) is 24.9. The van der Waals surface area contributed by atoms with Gasteiger partial charge in [-0.1, -0.05) is 30.3 Å². The van der Waals surface area contributed by atoms with E-state index in [0.29, 0.717) is 23.6 Å². The molecule has 2 N–H and O–H groups in total. The number of aromatic nitrogens is 1. The number of nitrogens with zero attached hydrogens (tertiary/aromatic N) is 1. The minimum absolute atomic E-state index is 0. The minimum atomic E-state index is -3.72. The van der Waals surface area contributed by atoms with E-state index < -0.39 is 15.8 Å². The summed E-state index contributed by atoms with van der Waals surface area (Å²) >= 11 is 0. The summed E-state index contributed by atoms with van der Waals surface area (Å²) in [6, 6.07) is 14.1. The molecule has 3 heterocycles. The number of oxazole rings is 1. The molecule has 0 radical (unpaired) electrons. The van der Waals surface area contributed by atoms with E-state index in [4.69, 9.17) is 4.42 Å². The van der Waals surface area contributed by atoms with Crippen LogP contribution < -0.4 is 11.1 Å². The Hall–Kier alpha value is -2.13. The molecule has 2 aliphatic rings. The second kappa shape index (κ2) is 7.04. The first kappa shape index (κ1) is 19.2. The van der Waals surface area contributed by atoms with Gasteiger partial charge in [0, 0.05) is 13.1 Å². The highest BCUT2D eigenvalue weighted by molar-refractivity contribution is 7.89. The highest BCUT2D eigenvalue weighted by Crippen LogP contribution is 2.45. The number of benzene rings is 2. The van der Waals surface area contributed by atoms with Crippen molar-refractivity contribution in [3.8, 4) is 0 Å². The third kappa shape index (κ3) is 2.97. The maximum absolute atomic E-state index is 13.5. The van der Waals surface area contributed by atoms with Gasteiger partial charge in [0.25, 0.3) is 0 Å². The van der Waals surface area contributed by atoms with Crippen LogP contribution in [0.4, 0.5) is 0 Å². The summed E-state index contributed by atoms with van der Waals surface area (Å²) in [5.74, 6) is -0.0504. The lowest BCUT2D eigenvalue weighted by atomic mass is 9.90. The maximum Gasteiger partial charge on any atom is 0.417 e. The van der Waals surface area contributed by atoms with E-state index in [0.717, 1.165) is 18.7 Å². The summed E-state index contributed by atoms with van der Waals surface area (Å²) < 4.78 is 33.6. The zero-order chi connectivity index (χ0) is 18.6. The van der Waals surface area contributed by atoms with Gasteiger partial charge in [-0.15, -0.1) is 12.4 Å². The van der Waals surface area contributed by atoms with E-state index in [2.05, 4.69) is 10.3 Å². The van der Waals surface area contributed by atoms with Crippen LogP contribution in [-0.4, -0.2) is 37.3 Å². The number of fused-ring (bicyclic) bond motifs is 2. The molecule has 0 spiro atoms. The highest BCUT2D eigenvalue weighted by atomic mass is 35.5. The van der Waals surface area contributed by atoms with Gasteiger partial charge >= 0.3 is 5.76 Å². The lowest BCUT2D eigenvalue weighted by Gasteiger charge is -2.27. The van der Waals surface area contributed by atoms with Gasteiger partial charge in [0.05, 0.1) is 16.5 Å². The lowest BCUT2D eigenvalue weighted by molar-refractivity contribution is 0.345. The van der Waals surface area contributed by atoms with Crippen molar-refractivity contribution in [1.82, 2.24) is 14.6 Å². The van der Waals surface area contributed by atoms with E-state index in [1.807, 2.05) is 30.3 Å². The minimum Gasteiger partial charge on any atom is -0.408 e. The van der Waals surface area contributed by atoms with Gasteiger partial charge in [0.15, 0.2) is 5.58 Å². The van der Waals surface area contributed by atoms with E-state index in [9.17, 15) is 13.2 Å². The summed E-state index contributed by atoms with van der Waals surface area (Å²) in [4.78, 5) is 14.1. The number of aromatic amines is 1. The largest absolute Gasteiger partial charge is 0.417 e. The molecule has 0 amide bonds. The standard InChI is InChI=1S/C19H19N3O4S.ClH/c23-19-21-16-8-14(6-7-17(16)26-19)27(24,25)22-11-13-9-20-10-15(13)18(22)12-4-2-1-3-5-12;/h1-8,13,15,18,20H,9-11H2,(H,21,23);1H/t13-,15-,18+;/m0./s1. The van der Waals surface area contributed by atoms with Gasteiger partial charge in [0.2, 0.25) is 10.0 Å². The third-order valence-electron chi connectivity index (χ3n) is 5.66. The van der Waals surface area contributed by atoms with Crippen molar-refractivity contribution in [3.05, 3.63) is 64.6 Å². The molecular formula is C19H20ClN3O4S. The van der Waals surface area contributed by atoms with Crippen LogP contribution in [0.25, 0.3) is 11.1 Å². The molecular weight excluding hydrogens is 402 g/mol. The Kier molecular flexibility index (Phi) is 4.83. The zero-order valence-electron chi connectivity index (χ0n) is 14.9. The fourth-order valence-corrected chi connectivity index (χ4v) is 6.16. The van der Waals surface area contributed by atoms with Crippen LogP contribution in [0.1, 0.15) is 11.6 Å². The van der Waals surface area contributed by atoms with Crippen LogP contribution in [0.2, 0.25) is 0 Å². The average Bonchev–Trinajstić information content (AvgIpc) is 3.34. The van der Waals surface area contributed by atoms with Crippen molar-refractivity contribution in [1.29, 1.82) is 0 Å². The first-order valence-corrected chi connectivity index (χ1v) is 10.4. The summed E-state index contributed by atoms with van der Waals surface area (Å²) in [6.07, 6.45) is 0. The van der Waals surface area contributed by atoms with Gasteiger partial charge < -0.3 is 9.73 Å². The predicted molar refractivity (Wildman–Crippen MR) is 107 cm³/mol. The first-order valence-electron chi connectivity index (χ1n) is 8.94. The third-order valence-corrected chi connectivity index (χ3v) is 7.50. The molecule has 2 saturated heterocycles. The Morgan fingerprint density at radius 2 is 1.86 bits per heavy atom. The monoisotopic (exact) mass is 421 g/mol. The number of hydrogen-bond acceptors (Lipinski definition) is 5. The number of H-pyrrole nitrogens is 1. The molecule has 2 aromatic carbocycles. The molecule has 2 aliphatic heterocycles. The van der Waals surface area contributed by atoms with Crippen molar-refractivity contribution in [3.63, 3.8) is 0 Å². The van der Waals surface area contributed by atoms with Crippen LogP contribution in [0.3, 0.4) is 0 Å². The van der Waals surface area contributed by atoms with Crippen molar-refractivity contribution in [2.75, 3.05) is 19.6 Å². The smallest absolute Gasteiger partial charge is 0.408 e. The quantitative estimate of drug-likeness (QED) is 0.675. The molecule has 0 bridgehead atoms. The SMILES string of the molecule is Cl.O=c1[nH]c2cc(S(=O)(=O)N3C[C@@H]4CNC[C@@H]4[C@H]3c3ccccc3)ccc2o1. The number of rotatable bonds is 3. The maximum atomic E-state index is 13.5. The molecule has 0 aliphatic carbocycles. The van der Waals surface area contributed by atoms with E-state index in [1.165, 1.54) is 18.2 Å². The predicted octanol–water partition coefficient (Wildman–Crippen LogP) is 2.12. The summed E-state index contributed by atoms with van der Waals surface area (Å²) in [5, 5.41) is 3.39. The summed E-state index contributed by atoms with van der Waals surface area (Å²) in [5.41, 5.74) is 1.74. The molecule has 0 saturated carbocycles. The van der Waals surface area contributed by atoms with E-state index in [1.54, 1.807) is 4.31 Å². The molecule has 7 nitrogen and oxygen atoms in total. The van der Waals surface area contributed by atoms with Gasteiger partial charge in [-0.25, -0.2) is 13.2 Å². The number of hydrogen-bond donors (Lipinski definition) is 2. The van der Waals surface area contributed by atoms with Crippen molar-refractivity contribution < 1.29 is 12.8 Å². The Morgan fingerprint density at radius 3 is 2.64 bits per heavy atom. The van der Waals surface area contributed by atoms with Gasteiger partial charge in [-0.2, -0.15) is 4.31 Å². The molecule has 9 heteroatoms. The fraction of sp³-hybridized carbons (Fsp3) is 0.316. The fourth-order valence-electron chi connectivity index (χ4n) is 4.42. The number of nitrogens with one attached hydrogen (secondary N) is 2. The van der Waals surface area contributed by atoms with Crippen LogP contribution in [0.15, 0.2) is 62.6 Å². The van der Waals surface area contributed by atoms with Gasteiger partial charge in [-0.05, 0) is 42.1 Å². The van der Waals surface area contributed by atoms with Gasteiger partial charge in [-0.3, -0.25) is 4.98 Å². The van der Waals surface area contributed by atoms with Crippen LogP contribution in [-0.2, 0) is 10.0 Å². The Morgan fingerprint density at radius 1 is 1.07 bits per heavy atom. The zero-order valence-corrected chi connectivity index (χ0v) is 16.5. The Balaban J connectivity index is 0.00000192. The highest BCUT2D eigenvalue weighted by Gasteiger charge is 2.49. The van der Waals surface area contributed by atoms with Crippen molar-refractivity contribution >= 4 is 33.5 Å². The number of sulfonamides is 1. The van der Waals surface area contributed by atoms with Crippen molar-refractivity contribution in [2.45, 2.75) is 10.9 Å². The van der Waals surface area contributed by atoms with Crippen LogP contribution in [0.5, 0.6) is 0 Å². The van der Waals surface area contributed by atoms with Crippen molar-refractivity contribution in [2.24, 2.45) is 11.8 Å². The van der Waals surface area contributed by atoms with Crippen LogP contribution >= 0.6 is 12.4 Å². The molecule has 28 heavy (non-hydrogen) atoms. The summed E-state index contributed by atoms with van der Waals surface area (Å²) in [7, 11) is -3.72. The molecule has 2 fully saturated rings.